The highest BCUT2D eigenvalue weighted by atomic mass is 32.2. The zero-order valence-electron chi connectivity index (χ0n) is 10.9. The van der Waals surface area contributed by atoms with E-state index in [9.17, 15) is 4.79 Å². The average Bonchev–Trinajstić information content (AvgIpc) is 2.25. The van der Waals surface area contributed by atoms with Gasteiger partial charge < -0.3 is 10.6 Å². The highest BCUT2D eigenvalue weighted by molar-refractivity contribution is 8.13. The molecule has 0 radical (unpaired) electrons. The first-order valence-electron chi connectivity index (χ1n) is 5.89. The molecule has 0 saturated heterocycles. The molecule has 0 aliphatic carbocycles. The molecule has 0 aromatic heterocycles. The van der Waals surface area contributed by atoms with Crippen LogP contribution in [-0.2, 0) is 0 Å². The van der Waals surface area contributed by atoms with Crippen LogP contribution in [0.25, 0.3) is 0 Å². The summed E-state index contributed by atoms with van der Waals surface area (Å²) in [4.78, 5) is 22.6. The van der Waals surface area contributed by atoms with Gasteiger partial charge in [-0.3, -0.25) is 9.59 Å². The summed E-state index contributed by atoms with van der Waals surface area (Å²) in [5, 5.41) is -0.384. The number of nitrogens with two attached hydrogens (primary N) is 1. The molecule has 2 N–H and O–H groups in total. The summed E-state index contributed by atoms with van der Waals surface area (Å²) in [6, 6.07) is 0. The maximum atomic E-state index is 11.6. The molecule has 0 fully saturated rings. The minimum atomic E-state index is -0.639. The minimum Gasteiger partial charge on any atom is -0.361 e. The summed E-state index contributed by atoms with van der Waals surface area (Å²) in [5.41, 5.74) is 4.34. The number of amides is 2. The first kappa shape index (κ1) is 19.0. The third-order valence-corrected chi connectivity index (χ3v) is 2.79. The van der Waals surface area contributed by atoms with E-state index in [0.717, 1.165) is 38.1 Å². The average molecular weight is 280 g/mol. The number of hydrogen-bond donors (Lipinski definition) is 2. The van der Waals surface area contributed by atoms with Gasteiger partial charge in [-0.2, -0.15) is 0 Å². The Labute approximate surface area is 114 Å². The molecule has 4 nitrogen and oxygen atoms in total. The van der Waals surface area contributed by atoms with Crippen molar-refractivity contribution in [3.8, 4) is 0 Å². The maximum absolute atomic E-state index is 11.6. The normalized spacial score (nSPS) is 9.18. The molecule has 0 rings (SSSR count). The summed E-state index contributed by atoms with van der Waals surface area (Å²) >= 11 is 4.56. The van der Waals surface area contributed by atoms with Crippen molar-refractivity contribution in [3.63, 3.8) is 0 Å². The van der Waals surface area contributed by atoms with Gasteiger partial charge in [-0.25, -0.2) is 0 Å². The predicted octanol–water partition coefficient (Wildman–Crippen LogP) is 3.37. The van der Waals surface area contributed by atoms with Gasteiger partial charge in [0, 0.05) is 18.8 Å². The molecule has 6 heteroatoms. The molecule has 0 aromatic rings. The van der Waals surface area contributed by atoms with Crippen LogP contribution in [0.2, 0.25) is 0 Å². The maximum Gasteiger partial charge on any atom is 0.281 e. The highest BCUT2D eigenvalue weighted by Crippen LogP contribution is 2.10. The van der Waals surface area contributed by atoms with Gasteiger partial charge in [-0.05, 0) is 19.3 Å². The fourth-order valence-corrected chi connectivity index (χ4v) is 1.86. The molecule has 0 spiro atoms. The fraction of sp³-hybridized carbons (Fsp3) is 0.818. The van der Waals surface area contributed by atoms with E-state index >= 15 is 0 Å². The molecule has 102 valence electrons. The van der Waals surface area contributed by atoms with E-state index in [0.29, 0.717) is 0 Å². The highest BCUT2D eigenvalue weighted by Gasteiger charge is 2.10. The third-order valence-electron chi connectivity index (χ3n) is 1.67. The number of thiol groups is 1. The Morgan fingerprint density at radius 1 is 1.12 bits per heavy atom. The van der Waals surface area contributed by atoms with Gasteiger partial charge in [0.05, 0.1) is 0 Å². The van der Waals surface area contributed by atoms with Crippen molar-refractivity contribution in [2.45, 2.75) is 40.0 Å². The summed E-state index contributed by atoms with van der Waals surface area (Å²) in [6.07, 6.45) is 3.18. The van der Waals surface area contributed by atoms with Gasteiger partial charge in [0.25, 0.3) is 10.5 Å². The van der Waals surface area contributed by atoms with Crippen molar-refractivity contribution < 1.29 is 9.59 Å². The van der Waals surface area contributed by atoms with Crippen LogP contribution in [0.1, 0.15) is 40.0 Å². The minimum absolute atomic E-state index is 0.255. The summed E-state index contributed by atoms with van der Waals surface area (Å²) < 4.78 is 0. The zero-order chi connectivity index (χ0) is 13.7. The van der Waals surface area contributed by atoms with Crippen LogP contribution < -0.4 is 5.73 Å². The second-order valence-corrected chi connectivity index (χ2v) is 4.93. The largest absolute Gasteiger partial charge is 0.361 e. The van der Waals surface area contributed by atoms with Crippen LogP contribution in [-0.4, -0.2) is 34.2 Å². The lowest BCUT2D eigenvalue weighted by atomic mass is 10.4. The third kappa shape index (κ3) is 15.6. The second kappa shape index (κ2) is 13.7. The van der Waals surface area contributed by atoms with Gasteiger partial charge in [0.2, 0.25) is 0 Å². The lowest BCUT2D eigenvalue weighted by Crippen LogP contribution is -2.29. The van der Waals surface area contributed by atoms with Crippen molar-refractivity contribution in [1.82, 2.24) is 4.90 Å². The molecule has 0 atom stereocenters. The van der Waals surface area contributed by atoms with Gasteiger partial charge in [-0.1, -0.05) is 45.2 Å². The SMILES string of the molecule is CCCSC(=O)N(CCC)CCC.NC(=O)S. The van der Waals surface area contributed by atoms with E-state index in [-0.39, 0.29) is 5.24 Å². The fourth-order valence-electron chi connectivity index (χ4n) is 1.11. The Morgan fingerprint density at radius 3 is 1.82 bits per heavy atom. The smallest absolute Gasteiger partial charge is 0.281 e. The van der Waals surface area contributed by atoms with Crippen molar-refractivity contribution in [3.05, 3.63) is 0 Å². The van der Waals surface area contributed by atoms with E-state index in [4.69, 9.17) is 4.79 Å². The van der Waals surface area contributed by atoms with Gasteiger partial charge in [-0.15, -0.1) is 0 Å². The number of rotatable bonds is 6. The molecule has 0 aromatic carbocycles. The second-order valence-electron chi connectivity index (χ2n) is 3.44. The number of thioether (sulfide) groups is 1. The van der Waals surface area contributed by atoms with Gasteiger partial charge in [0.15, 0.2) is 0 Å². The van der Waals surface area contributed by atoms with E-state index in [1.54, 1.807) is 0 Å². The first-order chi connectivity index (χ1) is 7.99. The van der Waals surface area contributed by atoms with Crippen LogP contribution in [0.4, 0.5) is 9.59 Å². The molecule has 2 amide bonds. The molecule has 0 saturated carbocycles. The predicted molar refractivity (Wildman–Crippen MR) is 78.9 cm³/mol. The number of hydrogen-bond acceptors (Lipinski definition) is 3. The Kier molecular flexibility index (Phi) is 15.3. The van der Waals surface area contributed by atoms with Gasteiger partial charge >= 0.3 is 0 Å². The van der Waals surface area contributed by atoms with Crippen LogP contribution in [0.3, 0.4) is 0 Å². The van der Waals surface area contributed by atoms with Crippen molar-refractivity contribution in [1.29, 1.82) is 0 Å². The molecule has 0 heterocycles. The molecular formula is C11H24N2O2S2. The molecule has 0 aliphatic rings. The molecule has 0 unspecified atom stereocenters. The van der Waals surface area contributed by atoms with Crippen LogP contribution in [0, 0.1) is 0 Å². The van der Waals surface area contributed by atoms with Crippen LogP contribution >= 0.6 is 24.4 Å². The Hall–Kier alpha value is -0.360. The van der Waals surface area contributed by atoms with Gasteiger partial charge in [0.1, 0.15) is 0 Å². The molecule has 17 heavy (non-hydrogen) atoms. The summed E-state index contributed by atoms with van der Waals surface area (Å²) in [6.45, 7) is 8.14. The number of carbonyl (C=O) groups is 2. The lowest BCUT2D eigenvalue weighted by Gasteiger charge is -2.20. The summed E-state index contributed by atoms with van der Waals surface area (Å²) in [7, 11) is 0. The van der Waals surface area contributed by atoms with Crippen molar-refractivity contribution in [2.24, 2.45) is 5.73 Å². The standard InChI is InChI=1S/C10H21NOS.CH3NOS/c1-4-7-11(8-5-2)10(12)13-9-6-3;2-1(3)4/h4-9H2,1-3H3;(H3,2,3,4). The summed E-state index contributed by atoms with van der Waals surface area (Å²) in [5.74, 6) is 0.947. The zero-order valence-corrected chi connectivity index (χ0v) is 12.7. The lowest BCUT2D eigenvalue weighted by molar-refractivity contribution is 0.223. The Bertz CT molecular complexity index is 204. The number of carbonyl (C=O) groups excluding carboxylic acids is 2. The molecular weight excluding hydrogens is 256 g/mol. The Morgan fingerprint density at radius 2 is 1.53 bits per heavy atom. The topological polar surface area (TPSA) is 63.4 Å². The van der Waals surface area contributed by atoms with E-state index < -0.39 is 5.24 Å². The van der Waals surface area contributed by atoms with E-state index in [1.165, 1.54) is 11.8 Å². The van der Waals surface area contributed by atoms with E-state index in [1.807, 2.05) is 4.90 Å². The van der Waals surface area contributed by atoms with Crippen molar-refractivity contribution >= 4 is 34.9 Å². The first-order valence-corrected chi connectivity index (χ1v) is 7.32. The molecule has 0 bridgehead atoms. The van der Waals surface area contributed by atoms with Crippen molar-refractivity contribution in [2.75, 3.05) is 18.8 Å². The molecule has 0 aliphatic heterocycles. The number of nitrogens with zero attached hydrogens (tertiary/aromatic N) is 1. The van der Waals surface area contributed by atoms with Crippen LogP contribution in [0.15, 0.2) is 0 Å². The quantitative estimate of drug-likeness (QED) is 0.733. The number of primary amides is 1. The van der Waals surface area contributed by atoms with Crippen LogP contribution in [0.5, 0.6) is 0 Å². The van der Waals surface area contributed by atoms with E-state index in [2.05, 4.69) is 39.1 Å². The Balaban J connectivity index is 0. The monoisotopic (exact) mass is 280 g/mol.